The Balaban J connectivity index is 1.76. The first kappa shape index (κ1) is 16.8. The molecule has 4 nitrogen and oxygen atoms in total. The van der Waals surface area contributed by atoms with Crippen molar-refractivity contribution in [3.05, 3.63) is 29.8 Å². The second kappa shape index (κ2) is 8.18. The fourth-order valence-electron chi connectivity index (χ4n) is 3.17. The molecule has 0 aromatic heterocycles. The molecule has 1 fully saturated rings. The molecule has 2 rings (SSSR count). The number of carbonyl (C=O) groups is 1. The molecule has 2 atom stereocenters. The third-order valence-electron chi connectivity index (χ3n) is 4.58. The number of aliphatic hydroxyl groups excluding tert-OH is 1. The van der Waals surface area contributed by atoms with E-state index < -0.39 is 6.10 Å². The SMILES string of the molecule is COc1ccc(C(O)CNC(=O)C(C)CC2CCCC2)cc1. The van der Waals surface area contributed by atoms with Crippen LogP contribution in [-0.2, 0) is 4.79 Å². The fraction of sp³-hybridized carbons (Fsp3) is 0.611. The number of nitrogens with one attached hydrogen (secondary N) is 1. The van der Waals surface area contributed by atoms with Gasteiger partial charge in [-0.25, -0.2) is 0 Å². The number of rotatable bonds is 7. The molecule has 0 radical (unpaired) electrons. The van der Waals surface area contributed by atoms with Crippen LogP contribution in [0.4, 0.5) is 0 Å². The van der Waals surface area contributed by atoms with Gasteiger partial charge in [-0.15, -0.1) is 0 Å². The Morgan fingerprint density at radius 3 is 2.55 bits per heavy atom. The molecule has 1 aromatic carbocycles. The predicted octanol–water partition coefficient (Wildman–Crippen LogP) is 3.06. The lowest BCUT2D eigenvalue weighted by molar-refractivity contribution is -0.125. The van der Waals surface area contributed by atoms with Crippen LogP contribution in [0.15, 0.2) is 24.3 Å². The number of methoxy groups -OCH3 is 1. The predicted molar refractivity (Wildman–Crippen MR) is 86.7 cm³/mol. The molecule has 0 heterocycles. The first-order valence-corrected chi connectivity index (χ1v) is 8.20. The van der Waals surface area contributed by atoms with E-state index in [0.29, 0.717) is 5.92 Å². The van der Waals surface area contributed by atoms with Crippen molar-refractivity contribution in [3.63, 3.8) is 0 Å². The molecule has 1 aliphatic rings. The van der Waals surface area contributed by atoms with E-state index in [4.69, 9.17) is 4.74 Å². The Kier molecular flexibility index (Phi) is 6.25. The first-order chi connectivity index (χ1) is 10.6. The molecule has 1 amide bonds. The van der Waals surface area contributed by atoms with Crippen LogP contribution >= 0.6 is 0 Å². The van der Waals surface area contributed by atoms with E-state index in [2.05, 4.69) is 5.32 Å². The van der Waals surface area contributed by atoms with Gasteiger partial charge in [0.25, 0.3) is 0 Å². The van der Waals surface area contributed by atoms with Crippen molar-refractivity contribution >= 4 is 5.91 Å². The van der Waals surface area contributed by atoms with Gasteiger partial charge in [-0.2, -0.15) is 0 Å². The number of aliphatic hydroxyl groups is 1. The van der Waals surface area contributed by atoms with E-state index in [0.717, 1.165) is 17.7 Å². The molecule has 0 aliphatic heterocycles. The molecule has 2 unspecified atom stereocenters. The first-order valence-electron chi connectivity index (χ1n) is 8.20. The monoisotopic (exact) mass is 305 g/mol. The average Bonchev–Trinajstić information content (AvgIpc) is 3.05. The van der Waals surface area contributed by atoms with Gasteiger partial charge in [0.1, 0.15) is 5.75 Å². The van der Waals surface area contributed by atoms with Crippen molar-refractivity contribution in [3.8, 4) is 5.75 Å². The smallest absolute Gasteiger partial charge is 0.222 e. The van der Waals surface area contributed by atoms with Crippen molar-refractivity contribution in [2.24, 2.45) is 11.8 Å². The second-order valence-electron chi connectivity index (χ2n) is 6.32. The molecule has 0 bridgehead atoms. The van der Waals surface area contributed by atoms with Gasteiger partial charge in [-0.1, -0.05) is 44.7 Å². The normalized spacial score (nSPS) is 18.0. The summed E-state index contributed by atoms with van der Waals surface area (Å²) in [4.78, 5) is 12.1. The van der Waals surface area contributed by atoms with Gasteiger partial charge in [0.15, 0.2) is 0 Å². The highest BCUT2D eigenvalue weighted by Crippen LogP contribution is 2.30. The minimum absolute atomic E-state index is 0.0196. The van der Waals surface area contributed by atoms with E-state index >= 15 is 0 Å². The molecule has 1 saturated carbocycles. The summed E-state index contributed by atoms with van der Waals surface area (Å²) in [5.41, 5.74) is 0.782. The molecule has 2 N–H and O–H groups in total. The highest BCUT2D eigenvalue weighted by Gasteiger charge is 2.22. The number of hydrogen-bond donors (Lipinski definition) is 2. The minimum atomic E-state index is -0.687. The van der Waals surface area contributed by atoms with Crippen molar-refractivity contribution in [1.82, 2.24) is 5.32 Å². The van der Waals surface area contributed by atoms with Gasteiger partial charge in [0.2, 0.25) is 5.91 Å². The highest BCUT2D eigenvalue weighted by molar-refractivity contribution is 5.78. The summed E-state index contributed by atoms with van der Waals surface area (Å²) >= 11 is 0. The van der Waals surface area contributed by atoms with Crippen LogP contribution in [0.5, 0.6) is 5.75 Å². The lowest BCUT2D eigenvalue weighted by Crippen LogP contribution is -2.33. The van der Waals surface area contributed by atoms with Gasteiger partial charge in [0.05, 0.1) is 13.2 Å². The molecule has 122 valence electrons. The maximum Gasteiger partial charge on any atom is 0.222 e. The quantitative estimate of drug-likeness (QED) is 0.814. The Morgan fingerprint density at radius 1 is 1.32 bits per heavy atom. The molecular weight excluding hydrogens is 278 g/mol. The van der Waals surface area contributed by atoms with Crippen LogP contribution in [-0.4, -0.2) is 24.7 Å². The van der Waals surface area contributed by atoms with E-state index in [1.807, 2.05) is 31.2 Å². The van der Waals surface area contributed by atoms with Gasteiger partial charge in [-0.05, 0) is 30.0 Å². The topological polar surface area (TPSA) is 58.6 Å². The van der Waals surface area contributed by atoms with E-state index in [1.165, 1.54) is 25.7 Å². The average molecular weight is 305 g/mol. The summed E-state index contributed by atoms with van der Waals surface area (Å²) in [6.07, 6.45) is 5.39. The summed E-state index contributed by atoms with van der Waals surface area (Å²) < 4.78 is 5.09. The van der Waals surface area contributed by atoms with E-state index in [-0.39, 0.29) is 18.4 Å². The number of carbonyl (C=O) groups excluding carboxylic acids is 1. The van der Waals surface area contributed by atoms with E-state index in [1.54, 1.807) is 7.11 Å². The number of amides is 1. The zero-order valence-corrected chi connectivity index (χ0v) is 13.5. The summed E-state index contributed by atoms with van der Waals surface area (Å²) in [5.74, 6) is 1.52. The van der Waals surface area contributed by atoms with Crippen molar-refractivity contribution in [2.75, 3.05) is 13.7 Å². The lowest BCUT2D eigenvalue weighted by atomic mass is 9.94. The molecule has 1 aromatic rings. The van der Waals surface area contributed by atoms with Crippen molar-refractivity contribution in [1.29, 1.82) is 0 Å². The standard InChI is InChI=1S/C18H27NO3/c1-13(11-14-5-3-4-6-14)18(21)19-12-17(20)15-7-9-16(22-2)10-8-15/h7-10,13-14,17,20H,3-6,11-12H2,1-2H3,(H,19,21). The number of hydrogen-bond acceptors (Lipinski definition) is 3. The second-order valence-corrected chi connectivity index (χ2v) is 6.32. The van der Waals surface area contributed by atoms with Crippen LogP contribution in [0, 0.1) is 11.8 Å². The summed E-state index contributed by atoms with van der Waals surface area (Å²) in [6, 6.07) is 7.25. The zero-order valence-electron chi connectivity index (χ0n) is 13.5. The molecular formula is C18H27NO3. The van der Waals surface area contributed by atoms with Gasteiger partial charge in [-0.3, -0.25) is 4.79 Å². The highest BCUT2D eigenvalue weighted by atomic mass is 16.5. The Bertz CT molecular complexity index is 466. The van der Waals surface area contributed by atoms with Crippen LogP contribution in [0.2, 0.25) is 0 Å². The third kappa shape index (κ3) is 4.73. The van der Waals surface area contributed by atoms with Gasteiger partial charge >= 0.3 is 0 Å². The maximum atomic E-state index is 12.1. The number of ether oxygens (including phenoxy) is 1. The zero-order chi connectivity index (χ0) is 15.9. The number of benzene rings is 1. The van der Waals surface area contributed by atoms with Crippen LogP contribution in [0.25, 0.3) is 0 Å². The Labute approximate surface area is 132 Å². The minimum Gasteiger partial charge on any atom is -0.497 e. The van der Waals surface area contributed by atoms with Crippen LogP contribution < -0.4 is 10.1 Å². The lowest BCUT2D eigenvalue weighted by Gasteiger charge is -2.18. The molecule has 0 spiro atoms. The Hall–Kier alpha value is -1.55. The molecule has 1 aliphatic carbocycles. The maximum absolute atomic E-state index is 12.1. The summed E-state index contributed by atoms with van der Waals surface area (Å²) in [5, 5.41) is 13.0. The van der Waals surface area contributed by atoms with Crippen molar-refractivity contribution < 1.29 is 14.6 Å². The summed E-state index contributed by atoms with van der Waals surface area (Å²) in [6.45, 7) is 2.23. The third-order valence-corrected chi connectivity index (χ3v) is 4.58. The molecule has 22 heavy (non-hydrogen) atoms. The largest absolute Gasteiger partial charge is 0.497 e. The fourth-order valence-corrected chi connectivity index (χ4v) is 3.17. The Morgan fingerprint density at radius 2 is 1.95 bits per heavy atom. The molecule has 0 saturated heterocycles. The summed E-state index contributed by atoms with van der Waals surface area (Å²) in [7, 11) is 1.61. The van der Waals surface area contributed by atoms with E-state index in [9.17, 15) is 9.90 Å². The van der Waals surface area contributed by atoms with Crippen molar-refractivity contribution in [2.45, 2.75) is 45.1 Å². The van der Waals surface area contributed by atoms with Crippen LogP contribution in [0.1, 0.15) is 50.7 Å². The van der Waals surface area contributed by atoms with Crippen LogP contribution in [0.3, 0.4) is 0 Å². The van der Waals surface area contributed by atoms with Gasteiger partial charge in [0, 0.05) is 12.5 Å². The molecule has 4 heteroatoms. The van der Waals surface area contributed by atoms with Gasteiger partial charge < -0.3 is 15.2 Å².